The molecule has 0 spiro atoms. The number of benzene rings is 2. The van der Waals surface area contributed by atoms with E-state index in [1.165, 1.54) is 0 Å². The summed E-state index contributed by atoms with van der Waals surface area (Å²) in [6, 6.07) is 20.8. The maximum Gasteiger partial charge on any atom is 0.251 e. The Labute approximate surface area is 141 Å². The minimum atomic E-state index is -0.358. The fourth-order valence-electron chi connectivity index (χ4n) is 3.56. The maximum atomic E-state index is 12.3. The van der Waals surface area contributed by atoms with Crippen LogP contribution >= 0.6 is 0 Å². The van der Waals surface area contributed by atoms with Gasteiger partial charge in [-0.2, -0.15) is 0 Å². The van der Waals surface area contributed by atoms with Crippen molar-refractivity contribution in [2.45, 2.75) is 25.8 Å². The molecular formula is C21H20N2O. The van der Waals surface area contributed by atoms with Crippen LogP contribution in [0.4, 0.5) is 0 Å². The van der Waals surface area contributed by atoms with Gasteiger partial charge in [0.1, 0.15) is 0 Å². The fourth-order valence-corrected chi connectivity index (χ4v) is 3.56. The van der Waals surface area contributed by atoms with Crippen LogP contribution in [0.25, 0.3) is 22.4 Å². The number of carbonyl (C=O) groups is 1. The lowest BCUT2D eigenvalue weighted by molar-refractivity contribution is 0.1000. The average molecular weight is 316 g/mol. The number of rotatable bonds is 4. The van der Waals surface area contributed by atoms with Gasteiger partial charge in [0.15, 0.2) is 0 Å². The first kappa shape index (κ1) is 14.8. The van der Waals surface area contributed by atoms with E-state index in [9.17, 15) is 4.79 Å². The second-order valence-corrected chi connectivity index (χ2v) is 6.38. The van der Waals surface area contributed by atoms with Gasteiger partial charge in [-0.15, -0.1) is 0 Å². The molecule has 2 aromatic carbocycles. The lowest BCUT2D eigenvalue weighted by atomic mass is 9.96. The van der Waals surface area contributed by atoms with Crippen LogP contribution < -0.4 is 5.73 Å². The van der Waals surface area contributed by atoms with E-state index >= 15 is 0 Å². The molecule has 0 atom stereocenters. The van der Waals surface area contributed by atoms with Gasteiger partial charge in [0.2, 0.25) is 0 Å². The van der Waals surface area contributed by atoms with Crippen molar-refractivity contribution in [1.82, 2.24) is 4.57 Å². The predicted molar refractivity (Wildman–Crippen MR) is 96.8 cm³/mol. The van der Waals surface area contributed by atoms with Crippen molar-refractivity contribution >= 4 is 5.91 Å². The van der Waals surface area contributed by atoms with E-state index in [0.717, 1.165) is 40.9 Å². The molecule has 3 nitrogen and oxygen atoms in total. The monoisotopic (exact) mass is 316 g/mol. The van der Waals surface area contributed by atoms with Gasteiger partial charge in [-0.3, -0.25) is 4.79 Å². The van der Waals surface area contributed by atoms with Crippen molar-refractivity contribution in [2.75, 3.05) is 0 Å². The smallest absolute Gasteiger partial charge is 0.251 e. The lowest BCUT2D eigenvalue weighted by Gasteiger charge is -2.12. The van der Waals surface area contributed by atoms with Crippen molar-refractivity contribution in [3.05, 3.63) is 71.9 Å². The molecule has 24 heavy (non-hydrogen) atoms. The summed E-state index contributed by atoms with van der Waals surface area (Å²) in [5, 5.41) is 0. The maximum absolute atomic E-state index is 12.3. The normalized spacial score (nSPS) is 13.9. The van der Waals surface area contributed by atoms with E-state index in [1.807, 2.05) is 55.5 Å². The van der Waals surface area contributed by atoms with E-state index in [1.54, 1.807) is 0 Å². The third-order valence-corrected chi connectivity index (χ3v) is 4.72. The van der Waals surface area contributed by atoms with E-state index in [0.29, 0.717) is 11.6 Å². The lowest BCUT2D eigenvalue weighted by Crippen LogP contribution is -2.13. The van der Waals surface area contributed by atoms with Crippen LogP contribution in [0.1, 0.15) is 34.9 Å². The first-order valence-electron chi connectivity index (χ1n) is 8.34. The summed E-state index contributed by atoms with van der Waals surface area (Å²) in [4.78, 5) is 12.3. The average Bonchev–Trinajstić information content (AvgIpc) is 3.39. The molecule has 2 N–H and O–H groups in total. The molecule has 1 fully saturated rings. The summed E-state index contributed by atoms with van der Waals surface area (Å²) in [6.45, 7) is 2.01. The zero-order valence-corrected chi connectivity index (χ0v) is 13.7. The summed E-state index contributed by atoms with van der Waals surface area (Å²) in [5.41, 5.74) is 11.6. The Kier molecular flexibility index (Phi) is 3.49. The van der Waals surface area contributed by atoms with Crippen LogP contribution in [-0.2, 0) is 0 Å². The Morgan fingerprint density at radius 1 is 0.958 bits per heavy atom. The molecule has 1 amide bonds. The van der Waals surface area contributed by atoms with Gasteiger partial charge in [0.25, 0.3) is 5.91 Å². The van der Waals surface area contributed by atoms with Gasteiger partial charge >= 0.3 is 0 Å². The minimum absolute atomic E-state index is 0.358. The molecule has 0 saturated heterocycles. The number of nitrogens with zero attached hydrogens (tertiary/aromatic N) is 1. The van der Waals surface area contributed by atoms with E-state index in [-0.39, 0.29) is 5.91 Å². The van der Waals surface area contributed by atoms with Gasteiger partial charge < -0.3 is 10.3 Å². The highest BCUT2D eigenvalue weighted by Gasteiger charge is 2.33. The Balaban J connectivity index is 2.10. The van der Waals surface area contributed by atoms with Crippen molar-refractivity contribution in [1.29, 1.82) is 0 Å². The Bertz CT molecular complexity index is 891. The van der Waals surface area contributed by atoms with Crippen molar-refractivity contribution < 1.29 is 4.79 Å². The highest BCUT2D eigenvalue weighted by atomic mass is 16.1. The molecule has 1 saturated carbocycles. The van der Waals surface area contributed by atoms with Crippen molar-refractivity contribution in [3.8, 4) is 22.4 Å². The number of hydrogen-bond donors (Lipinski definition) is 1. The van der Waals surface area contributed by atoms with E-state index in [4.69, 9.17) is 5.73 Å². The Morgan fingerprint density at radius 3 is 2.00 bits per heavy atom. The largest absolute Gasteiger partial charge is 0.366 e. The SMILES string of the molecule is Cc1c(C(N)=O)c(-c2ccccc2)c(-c2ccccc2)n1C1CC1. The molecule has 4 rings (SSSR count). The molecule has 1 aliphatic carbocycles. The number of hydrogen-bond acceptors (Lipinski definition) is 1. The summed E-state index contributed by atoms with van der Waals surface area (Å²) >= 11 is 0. The first-order valence-corrected chi connectivity index (χ1v) is 8.34. The third kappa shape index (κ3) is 2.33. The van der Waals surface area contributed by atoms with Gasteiger partial charge in [-0.05, 0) is 30.9 Å². The van der Waals surface area contributed by atoms with Crippen LogP contribution in [0.5, 0.6) is 0 Å². The fraction of sp³-hybridized carbons (Fsp3) is 0.190. The van der Waals surface area contributed by atoms with Crippen LogP contribution in [0, 0.1) is 6.92 Å². The summed E-state index contributed by atoms with van der Waals surface area (Å²) in [7, 11) is 0. The van der Waals surface area contributed by atoms with Crippen LogP contribution in [-0.4, -0.2) is 10.5 Å². The van der Waals surface area contributed by atoms with Crippen molar-refractivity contribution in [3.63, 3.8) is 0 Å². The molecule has 1 aromatic heterocycles. The van der Waals surface area contributed by atoms with E-state index in [2.05, 4.69) is 16.7 Å². The number of amides is 1. The highest BCUT2D eigenvalue weighted by molar-refractivity contribution is 6.05. The minimum Gasteiger partial charge on any atom is -0.366 e. The third-order valence-electron chi connectivity index (χ3n) is 4.72. The zero-order valence-electron chi connectivity index (χ0n) is 13.7. The van der Waals surface area contributed by atoms with Gasteiger partial charge in [0.05, 0.1) is 11.3 Å². The number of aromatic nitrogens is 1. The molecule has 3 aromatic rings. The summed E-state index contributed by atoms with van der Waals surface area (Å²) in [6.07, 6.45) is 2.31. The number of nitrogens with two attached hydrogens (primary N) is 1. The van der Waals surface area contributed by atoms with Crippen LogP contribution in [0.15, 0.2) is 60.7 Å². The summed E-state index contributed by atoms with van der Waals surface area (Å²) in [5.74, 6) is -0.358. The van der Waals surface area contributed by atoms with Gasteiger partial charge in [-0.1, -0.05) is 60.7 Å². The van der Waals surface area contributed by atoms with Gasteiger partial charge in [-0.25, -0.2) is 0 Å². The van der Waals surface area contributed by atoms with E-state index < -0.39 is 0 Å². The molecule has 3 heteroatoms. The van der Waals surface area contributed by atoms with Crippen LogP contribution in [0.2, 0.25) is 0 Å². The molecule has 0 bridgehead atoms. The number of carbonyl (C=O) groups excluding carboxylic acids is 1. The summed E-state index contributed by atoms with van der Waals surface area (Å²) < 4.78 is 2.32. The first-order chi connectivity index (χ1) is 11.7. The molecule has 120 valence electrons. The molecule has 0 unspecified atom stereocenters. The number of primary amides is 1. The molecule has 0 radical (unpaired) electrons. The molecule has 1 aliphatic rings. The van der Waals surface area contributed by atoms with Crippen LogP contribution in [0.3, 0.4) is 0 Å². The predicted octanol–water partition coefficient (Wildman–Crippen LogP) is 4.56. The zero-order chi connectivity index (χ0) is 16.7. The second kappa shape index (κ2) is 5.68. The Hall–Kier alpha value is -2.81. The van der Waals surface area contributed by atoms with Crippen molar-refractivity contribution in [2.24, 2.45) is 5.73 Å². The topological polar surface area (TPSA) is 48.0 Å². The molecule has 1 heterocycles. The van der Waals surface area contributed by atoms with Gasteiger partial charge in [0, 0.05) is 17.3 Å². The Morgan fingerprint density at radius 2 is 1.50 bits per heavy atom. The highest BCUT2D eigenvalue weighted by Crippen LogP contribution is 2.46. The standard InChI is InChI=1S/C21H20N2O/c1-14-18(21(22)24)19(15-8-4-2-5-9-15)20(23(14)17-12-13-17)16-10-6-3-7-11-16/h2-11,17H,12-13H2,1H3,(H2,22,24). The quantitative estimate of drug-likeness (QED) is 0.753. The molecular weight excluding hydrogens is 296 g/mol. The second-order valence-electron chi connectivity index (χ2n) is 6.38. The molecule has 0 aliphatic heterocycles.